The molecule has 1 aromatic heterocycles. The zero-order valence-corrected chi connectivity index (χ0v) is 11.4. The van der Waals surface area contributed by atoms with E-state index < -0.39 is 0 Å². The smallest absolute Gasteiger partial charge is 0.274 e. The molecule has 0 saturated carbocycles. The highest BCUT2D eigenvalue weighted by atomic mass is 79.9. The number of rotatable bonds is 3. The fourth-order valence-electron chi connectivity index (χ4n) is 1.58. The van der Waals surface area contributed by atoms with E-state index in [1.54, 1.807) is 19.2 Å². The molecule has 0 amide bonds. The zero-order chi connectivity index (χ0) is 13.1. The van der Waals surface area contributed by atoms with E-state index in [1.165, 1.54) is 19.5 Å². The van der Waals surface area contributed by atoms with Crippen molar-refractivity contribution in [3.63, 3.8) is 0 Å². The molecule has 0 aliphatic rings. The molecule has 0 fully saturated rings. The van der Waals surface area contributed by atoms with Gasteiger partial charge in [0.25, 0.3) is 5.56 Å². The molecule has 0 atom stereocenters. The second kappa shape index (κ2) is 5.22. The number of ether oxygens (including phenoxy) is 2. The van der Waals surface area contributed by atoms with Crippen molar-refractivity contribution in [2.75, 3.05) is 14.2 Å². The van der Waals surface area contributed by atoms with Crippen molar-refractivity contribution in [2.24, 2.45) is 0 Å². The van der Waals surface area contributed by atoms with Crippen molar-refractivity contribution < 1.29 is 9.47 Å². The highest BCUT2D eigenvalue weighted by Crippen LogP contribution is 2.36. The lowest BCUT2D eigenvalue weighted by atomic mass is 10.1. The van der Waals surface area contributed by atoms with Crippen LogP contribution >= 0.6 is 15.9 Å². The topological polar surface area (TPSA) is 64.2 Å². The Hall–Kier alpha value is -1.82. The molecule has 5 nitrogen and oxygen atoms in total. The first-order valence-electron chi connectivity index (χ1n) is 5.13. The van der Waals surface area contributed by atoms with Crippen LogP contribution in [-0.4, -0.2) is 24.2 Å². The fourth-order valence-corrected chi connectivity index (χ4v) is 2.09. The number of aromatic amines is 1. The van der Waals surface area contributed by atoms with Crippen molar-refractivity contribution in [1.82, 2.24) is 9.97 Å². The molecule has 0 bridgehead atoms. The molecule has 0 radical (unpaired) electrons. The molecule has 94 valence electrons. The van der Waals surface area contributed by atoms with E-state index >= 15 is 0 Å². The molecule has 2 rings (SSSR count). The van der Waals surface area contributed by atoms with Gasteiger partial charge in [-0.25, -0.2) is 4.98 Å². The summed E-state index contributed by atoms with van der Waals surface area (Å²) in [5.74, 6) is 1.13. The van der Waals surface area contributed by atoms with Crippen molar-refractivity contribution in [3.8, 4) is 22.8 Å². The number of aromatic nitrogens is 2. The number of benzene rings is 1. The third-order valence-corrected chi connectivity index (χ3v) is 3.09. The molecule has 0 saturated heterocycles. The molecule has 0 aliphatic carbocycles. The Kier molecular flexibility index (Phi) is 3.66. The third-order valence-electron chi connectivity index (χ3n) is 2.44. The predicted molar refractivity (Wildman–Crippen MR) is 71.1 cm³/mol. The third kappa shape index (κ3) is 2.24. The highest BCUT2D eigenvalue weighted by Gasteiger charge is 2.14. The van der Waals surface area contributed by atoms with Crippen LogP contribution in [0.1, 0.15) is 0 Å². The van der Waals surface area contributed by atoms with Gasteiger partial charge in [-0.2, -0.15) is 0 Å². The maximum Gasteiger partial charge on any atom is 0.274 e. The van der Waals surface area contributed by atoms with E-state index in [4.69, 9.17) is 9.47 Å². The Balaban J connectivity index is 2.66. The van der Waals surface area contributed by atoms with E-state index in [9.17, 15) is 4.79 Å². The summed E-state index contributed by atoms with van der Waals surface area (Å²) in [6.07, 6.45) is 3.01. The predicted octanol–water partition coefficient (Wildman–Crippen LogP) is 2.22. The van der Waals surface area contributed by atoms with Gasteiger partial charge in [0.05, 0.1) is 14.2 Å². The minimum atomic E-state index is -0.259. The Bertz CT molecular complexity index is 625. The SMILES string of the molecule is COc1cc(Br)c(-c2ncc[nH]c2=O)cc1OC. The Morgan fingerprint density at radius 2 is 1.89 bits per heavy atom. The first-order chi connectivity index (χ1) is 8.67. The van der Waals surface area contributed by atoms with Crippen LogP contribution in [0.15, 0.2) is 33.8 Å². The van der Waals surface area contributed by atoms with Crippen molar-refractivity contribution in [2.45, 2.75) is 0 Å². The standard InChI is InChI=1S/C12H11BrN2O3/c1-17-9-5-7(8(13)6-10(9)18-2)11-12(16)15-4-3-14-11/h3-6H,1-2H3,(H,15,16). The van der Waals surface area contributed by atoms with Gasteiger partial charge >= 0.3 is 0 Å². The second-order valence-electron chi connectivity index (χ2n) is 3.45. The average molecular weight is 311 g/mol. The minimum Gasteiger partial charge on any atom is -0.493 e. The number of hydrogen-bond acceptors (Lipinski definition) is 4. The molecule has 1 aromatic carbocycles. The van der Waals surface area contributed by atoms with E-state index in [0.29, 0.717) is 27.2 Å². The molecule has 1 heterocycles. The van der Waals surface area contributed by atoms with E-state index in [0.717, 1.165) is 0 Å². The number of halogens is 1. The molecular formula is C12H11BrN2O3. The first kappa shape index (κ1) is 12.6. The van der Waals surface area contributed by atoms with Crippen LogP contribution in [0.2, 0.25) is 0 Å². The van der Waals surface area contributed by atoms with E-state index in [-0.39, 0.29) is 5.56 Å². The van der Waals surface area contributed by atoms with E-state index in [1.807, 2.05) is 0 Å². The lowest BCUT2D eigenvalue weighted by Crippen LogP contribution is -2.10. The summed E-state index contributed by atoms with van der Waals surface area (Å²) in [6.45, 7) is 0. The normalized spacial score (nSPS) is 10.2. The fraction of sp³-hybridized carbons (Fsp3) is 0.167. The van der Waals surface area contributed by atoms with Crippen molar-refractivity contribution >= 4 is 15.9 Å². The van der Waals surface area contributed by atoms with Crippen LogP contribution in [0.3, 0.4) is 0 Å². The van der Waals surface area contributed by atoms with Gasteiger partial charge in [0.1, 0.15) is 5.69 Å². The van der Waals surface area contributed by atoms with Gasteiger partial charge in [-0.3, -0.25) is 4.79 Å². The van der Waals surface area contributed by atoms with Gasteiger partial charge in [-0.05, 0) is 28.1 Å². The number of H-pyrrole nitrogens is 1. The highest BCUT2D eigenvalue weighted by molar-refractivity contribution is 9.10. The number of hydrogen-bond donors (Lipinski definition) is 1. The summed E-state index contributed by atoms with van der Waals surface area (Å²) < 4.78 is 11.1. The van der Waals surface area contributed by atoms with Crippen LogP contribution in [-0.2, 0) is 0 Å². The Morgan fingerprint density at radius 3 is 2.50 bits per heavy atom. The van der Waals surface area contributed by atoms with Gasteiger partial charge in [0.2, 0.25) is 0 Å². The van der Waals surface area contributed by atoms with Gasteiger partial charge in [-0.1, -0.05) is 0 Å². The molecule has 2 aromatic rings. The first-order valence-corrected chi connectivity index (χ1v) is 5.92. The quantitative estimate of drug-likeness (QED) is 0.944. The Morgan fingerprint density at radius 1 is 1.22 bits per heavy atom. The molecule has 6 heteroatoms. The lowest BCUT2D eigenvalue weighted by Gasteiger charge is -2.10. The second-order valence-corrected chi connectivity index (χ2v) is 4.31. The summed E-state index contributed by atoms with van der Waals surface area (Å²) in [5, 5.41) is 0. The number of nitrogens with zero attached hydrogens (tertiary/aromatic N) is 1. The van der Waals surface area contributed by atoms with Crippen LogP contribution in [0.25, 0.3) is 11.3 Å². The van der Waals surface area contributed by atoms with Gasteiger partial charge in [0, 0.05) is 22.4 Å². The molecule has 0 unspecified atom stereocenters. The number of methoxy groups -OCH3 is 2. The van der Waals surface area contributed by atoms with Gasteiger partial charge in [-0.15, -0.1) is 0 Å². The average Bonchev–Trinajstić information content (AvgIpc) is 2.39. The molecular weight excluding hydrogens is 300 g/mol. The zero-order valence-electron chi connectivity index (χ0n) is 9.86. The summed E-state index contributed by atoms with van der Waals surface area (Å²) in [5.41, 5.74) is 0.713. The minimum absolute atomic E-state index is 0.259. The number of nitrogens with one attached hydrogen (secondary N) is 1. The summed E-state index contributed by atoms with van der Waals surface area (Å²) >= 11 is 3.39. The van der Waals surface area contributed by atoms with Crippen LogP contribution < -0.4 is 15.0 Å². The van der Waals surface area contributed by atoms with Crippen molar-refractivity contribution in [1.29, 1.82) is 0 Å². The largest absolute Gasteiger partial charge is 0.493 e. The molecule has 18 heavy (non-hydrogen) atoms. The van der Waals surface area contributed by atoms with Gasteiger partial charge < -0.3 is 14.5 Å². The lowest BCUT2D eigenvalue weighted by molar-refractivity contribution is 0.355. The summed E-state index contributed by atoms with van der Waals surface area (Å²) in [4.78, 5) is 18.4. The van der Waals surface area contributed by atoms with Crippen LogP contribution in [0, 0.1) is 0 Å². The van der Waals surface area contributed by atoms with Crippen molar-refractivity contribution in [3.05, 3.63) is 39.4 Å². The molecule has 0 spiro atoms. The summed E-state index contributed by atoms with van der Waals surface area (Å²) in [6, 6.07) is 3.45. The van der Waals surface area contributed by atoms with E-state index in [2.05, 4.69) is 25.9 Å². The molecule has 0 aliphatic heterocycles. The monoisotopic (exact) mass is 310 g/mol. The Labute approximate surface area is 112 Å². The van der Waals surface area contributed by atoms with Crippen LogP contribution in [0.4, 0.5) is 0 Å². The maximum absolute atomic E-state index is 11.7. The van der Waals surface area contributed by atoms with Gasteiger partial charge in [0.15, 0.2) is 11.5 Å². The molecule has 1 N–H and O–H groups in total. The maximum atomic E-state index is 11.7. The summed E-state index contributed by atoms with van der Waals surface area (Å²) in [7, 11) is 3.09. The van der Waals surface area contributed by atoms with Crippen LogP contribution in [0.5, 0.6) is 11.5 Å².